The van der Waals surface area contributed by atoms with Gasteiger partial charge in [0, 0.05) is 30.6 Å². The summed E-state index contributed by atoms with van der Waals surface area (Å²) in [5.41, 5.74) is 0. The summed E-state index contributed by atoms with van der Waals surface area (Å²) in [6.07, 6.45) is -2.23. The van der Waals surface area contributed by atoms with Gasteiger partial charge in [-0.3, -0.25) is 0 Å². The summed E-state index contributed by atoms with van der Waals surface area (Å²) in [6, 6.07) is 0.363. The zero-order valence-electron chi connectivity index (χ0n) is 6.85. The van der Waals surface area contributed by atoms with Crippen LogP contribution in [0.4, 0.5) is 8.78 Å². The van der Waals surface area contributed by atoms with Gasteiger partial charge in [-0.1, -0.05) is 0 Å². The molecule has 1 fully saturated rings. The van der Waals surface area contributed by atoms with Crippen LogP contribution in [0.3, 0.4) is 0 Å². The predicted molar refractivity (Wildman–Crippen MR) is 48.0 cm³/mol. The predicted octanol–water partition coefficient (Wildman–Crippen LogP) is 0.546. The third kappa shape index (κ3) is 4.23. The maximum atomic E-state index is 11.7. The van der Waals surface area contributed by atoms with Gasteiger partial charge in [-0.2, -0.15) is 11.8 Å². The van der Waals surface area contributed by atoms with Gasteiger partial charge in [0.1, 0.15) is 0 Å². The smallest absolute Gasteiger partial charge is 0.250 e. The van der Waals surface area contributed by atoms with Crippen molar-refractivity contribution in [3.63, 3.8) is 0 Å². The molecule has 12 heavy (non-hydrogen) atoms. The van der Waals surface area contributed by atoms with Crippen molar-refractivity contribution in [3.05, 3.63) is 0 Å². The Hall–Kier alpha value is 0.130. The Kier molecular flexibility index (Phi) is 4.87. The minimum atomic E-state index is -2.23. The molecule has 1 aliphatic heterocycles. The highest BCUT2D eigenvalue weighted by Gasteiger charge is 2.12. The van der Waals surface area contributed by atoms with E-state index in [1.807, 2.05) is 11.8 Å². The van der Waals surface area contributed by atoms with E-state index >= 15 is 0 Å². The molecule has 0 bridgehead atoms. The van der Waals surface area contributed by atoms with E-state index in [2.05, 4.69) is 10.6 Å². The second-order valence-corrected chi connectivity index (χ2v) is 3.93. The Morgan fingerprint density at radius 3 is 3.00 bits per heavy atom. The van der Waals surface area contributed by atoms with Crippen LogP contribution in [-0.4, -0.2) is 43.6 Å². The van der Waals surface area contributed by atoms with Crippen LogP contribution in [0.15, 0.2) is 0 Å². The van der Waals surface area contributed by atoms with E-state index in [-0.39, 0.29) is 6.54 Å². The first-order chi connectivity index (χ1) is 5.79. The van der Waals surface area contributed by atoms with Crippen LogP contribution in [0, 0.1) is 0 Å². The highest BCUT2D eigenvalue weighted by Crippen LogP contribution is 2.06. The summed E-state index contributed by atoms with van der Waals surface area (Å²) in [7, 11) is 0. The molecule has 0 aromatic rings. The average molecular weight is 196 g/mol. The third-order valence-electron chi connectivity index (χ3n) is 1.69. The molecule has 5 heteroatoms. The number of rotatable bonds is 4. The Balaban J connectivity index is 1.98. The van der Waals surface area contributed by atoms with E-state index in [0.29, 0.717) is 12.6 Å². The first kappa shape index (κ1) is 10.2. The molecular formula is C7H14F2N2S. The number of halogens is 2. The summed E-state index contributed by atoms with van der Waals surface area (Å²) < 4.78 is 23.4. The molecule has 1 heterocycles. The lowest BCUT2D eigenvalue weighted by molar-refractivity contribution is 0.145. The van der Waals surface area contributed by atoms with Crippen LogP contribution in [0.1, 0.15) is 0 Å². The normalized spacial score (nSPS) is 24.8. The molecule has 0 aromatic heterocycles. The van der Waals surface area contributed by atoms with Gasteiger partial charge in [-0.25, -0.2) is 8.78 Å². The monoisotopic (exact) mass is 196 g/mol. The van der Waals surface area contributed by atoms with Crippen LogP contribution in [-0.2, 0) is 0 Å². The van der Waals surface area contributed by atoms with Crippen molar-refractivity contribution in [2.45, 2.75) is 12.5 Å². The molecule has 0 radical (unpaired) electrons. The second-order valence-electron chi connectivity index (χ2n) is 2.78. The Morgan fingerprint density at radius 2 is 2.42 bits per heavy atom. The van der Waals surface area contributed by atoms with E-state index in [9.17, 15) is 8.78 Å². The number of nitrogens with one attached hydrogen (secondary N) is 2. The Bertz CT molecular complexity index is 118. The highest BCUT2D eigenvalue weighted by molar-refractivity contribution is 7.99. The van der Waals surface area contributed by atoms with E-state index in [1.165, 1.54) is 0 Å². The number of hydrogen-bond acceptors (Lipinski definition) is 3. The van der Waals surface area contributed by atoms with Crippen molar-refractivity contribution >= 4 is 11.8 Å². The summed E-state index contributed by atoms with van der Waals surface area (Å²) in [6.45, 7) is 1.45. The molecule has 0 aromatic carbocycles. The van der Waals surface area contributed by atoms with Crippen molar-refractivity contribution in [3.8, 4) is 0 Å². The van der Waals surface area contributed by atoms with Crippen LogP contribution >= 0.6 is 11.8 Å². The van der Waals surface area contributed by atoms with Gasteiger partial charge in [-0.05, 0) is 0 Å². The molecule has 0 aliphatic carbocycles. The van der Waals surface area contributed by atoms with Crippen molar-refractivity contribution < 1.29 is 8.78 Å². The van der Waals surface area contributed by atoms with Crippen molar-refractivity contribution in [2.75, 3.05) is 31.1 Å². The first-order valence-corrected chi connectivity index (χ1v) is 5.24. The van der Waals surface area contributed by atoms with Gasteiger partial charge in [0.25, 0.3) is 6.43 Å². The quantitative estimate of drug-likeness (QED) is 0.686. The summed E-state index contributed by atoms with van der Waals surface area (Å²) >= 11 is 1.87. The highest BCUT2D eigenvalue weighted by atomic mass is 32.2. The zero-order valence-corrected chi connectivity index (χ0v) is 7.67. The SMILES string of the molecule is FC(F)CNCC1CSCCN1. The molecule has 2 N–H and O–H groups in total. The van der Waals surface area contributed by atoms with Gasteiger partial charge in [0.15, 0.2) is 0 Å². The molecule has 1 saturated heterocycles. The van der Waals surface area contributed by atoms with E-state index in [4.69, 9.17) is 0 Å². The molecule has 2 nitrogen and oxygen atoms in total. The molecule has 72 valence electrons. The van der Waals surface area contributed by atoms with Gasteiger partial charge < -0.3 is 10.6 Å². The topological polar surface area (TPSA) is 24.1 Å². The van der Waals surface area contributed by atoms with E-state index < -0.39 is 6.43 Å². The summed E-state index contributed by atoms with van der Waals surface area (Å²) in [5, 5.41) is 5.99. The largest absolute Gasteiger partial charge is 0.311 e. The standard InChI is InChI=1S/C7H14F2N2S/c8-7(9)4-10-3-6-5-12-2-1-11-6/h6-7,10-11H,1-5H2. The minimum Gasteiger partial charge on any atom is -0.311 e. The number of alkyl halides is 2. The fraction of sp³-hybridized carbons (Fsp3) is 1.00. The zero-order chi connectivity index (χ0) is 8.81. The van der Waals surface area contributed by atoms with Gasteiger partial charge in [0.05, 0.1) is 6.54 Å². The van der Waals surface area contributed by atoms with Crippen LogP contribution in [0.25, 0.3) is 0 Å². The number of thioether (sulfide) groups is 1. The van der Waals surface area contributed by atoms with E-state index in [0.717, 1.165) is 18.1 Å². The maximum Gasteiger partial charge on any atom is 0.250 e. The van der Waals surface area contributed by atoms with Crippen LogP contribution in [0.5, 0.6) is 0 Å². The molecule has 0 amide bonds. The molecule has 1 aliphatic rings. The van der Waals surface area contributed by atoms with Crippen molar-refractivity contribution in [1.29, 1.82) is 0 Å². The molecule has 1 unspecified atom stereocenters. The number of hydrogen-bond donors (Lipinski definition) is 2. The maximum absolute atomic E-state index is 11.7. The lowest BCUT2D eigenvalue weighted by atomic mass is 10.3. The third-order valence-corrected chi connectivity index (χ3v) is 2.82. The fourth-order valence-corrected chi connectivity index (χ4v) is 2.07. The molecule has 1 atom stereocenters. The molecular weight excluding hydrogens is 182 g/mol. The molecule has 1 rings (SSSR count). The molecule has 0 spiro atoms. The fourth-order valence-electron chi connectivity index (χ4n) is 1.12. The minimum absolute atomic E-state index is 0.192. The Morgan fingerprint density at radius 1 is 1.58 bits per heavy atom. The van der Waals surface area contributed by atoms with Gasteiger partial charge >= 0.3 is 0 Å². The van der Waals surface area contributed by atoms with Crippen molar-refractivity contribution in [1.82, 2.24) is 10.6 Å². The Labute approximate surface area is 75.5 Å². The van der Waals surface area contributed by atoms with Gasteiger partial charge in [-0.15, -0.1) is 0 Å². The summed E-state index contributed by atoms with van der Waals surface area (Å²) in [4.78, 5) is 0. The lowest BCUT2D eigenvalue weighted by Gasteiger charge is -2.23. The average Bonchev–Trinajstić information content (AvgIpc) is 2.05. The second kappa shape index (κ2) is 5.72. The first-order valence-electron chi connectivity index (χ1n) is 4.09. The summed E-state index contributed by atoms with van der Waals surface area (Å²) in [5.74, 6) is 2.15. The van der Waals surface area contributed by atoms with Crippen LogP contribution < -0.4 is 10.6 Å². The van der Waals surface area contributed by atoms with Crippen molar-refractivity contribution in [2.24, 2.45) is 0 Å². The lowest BCUT2D eigenvalue weighted by Crippen LogP contribution is -2.45. The van der Waals surface area contributed by atoms with Crippen LogP contribution in [0.2, 0.25) is 0 Å². The molecule has 0 saturated carbocycles. The van der Waals surface area contributed by atoms with E-state index in [1.54, 1.807) is 0 Å². The van der Waals surface area contributed by atoms with Gasteiger partial charge in [0.2, 0.25) is 0 Å².